The van der Waals surface area contributed by atoms with Crippen LogP contribution in [0.4, 0.5) is 18.9 Å². The smallest absolute Gasteiger partial charge is 0.475 e. The number of piperidine rings is 4. The lowest BCUT2D eigenvalue weighted by Gasteiger charge is -2.44. The third-order valence-corrected chi connectivity index (χ3v) is 6.70. The van der Waals surface area contributed by atoms with Crippen LogP contribution >= 0.6 is 0 Å². The van der Waals surface area contributed by atoms with Gasteiger partial charge in [0, 0.05) is 36.7 Å². The van der Waals surface area contributed by atoms with Gasteiger partial charge in [0.1, 0.15) is 0 Å². The Morgan fingerprint density at radius 1 is 1.09 bits per heavy atom. The fourth-order valence-electron chi connectivity index (χ4n) is 4.89. The molecule has 1 amide bonds. The van der Waals surface area contributed by atoms with E-state index in [1.165, 1.54) is 50.9 Å². The number of alkyl halides is 3. The number of carboxylic acid groups (broad SMARTS) is 1. The molecule has 11 heteroatoms. The van der Waals surface area contributed by atoms with Crippen molar-refractivity contribution in [2.24, 2.45) is 5.92 Å². The quantitative estimate of drug-likeness (QED) is 0.642. The maximum absolute atomic E-state index is 12.8. The topological polar surface area (TPSA) is 102 Å². The molecular weight excluding hydrogens is 439 g/mol. The lowest BCUT2D eigenvalue weighted by atomic mass is 9.84. The third-order valence-electron chi connectivity index (χ3n) is 6.70. The number of halogens is 3. The number of fused-ring (bicyclic) bond motifs is 4. The normalized spacial score (nSPS) is 24.8. The summed E-state index contributed by atoms with van der Waals surface area (Å²) in [6, 6.07) is 6.59. The molecule has 0 aliphatic carbocycles. The predicted molar refractivity (Wildman–Crippen MR) is 116 cm³/mol. The molecule has 3 N–H and O–H groups in total. The zero-order chi connectivity index (χ0) is 23.6. The highest BCUT2D eigenvalue weighted by Gasteiger charge is 2.38. The van der Waals surface area contributed by atoms with Gasteiger partial charge < -0.3 is 20.2 Å². The van der Waals surface area contributed by atoms with Gasteiger partial charge >= 0.3 is 12.1 Å². The fraction of sp³-hybridized carbons (Fsp3) is 0.591. The maximum Gasteiger partial charge on any atom is 0.490 e. The standard InChI is InChI=1S/C20H27N5O.C2HF3O2/c26-20(21-18-13-24-10-6-14(18)7-11-24)19-16-5-4-15(12-17(16)22-23-19)25-8-2-1-3-9-25;3-2(4,5)1(6)7/h4-5,12,14,18H,1-3,6-11,13H2,(H,21,26)(H,22,23);(H,6,7)/t18-;/m0./s1. The van der Waals surface area contributed by atoms with Gasteiger partial charge in [0.05, 0.1) is 5.52 Å². The average molecular weight is 467 g/mol. The second-order valence-corrected chi connectivity index (χ2v) is 8.87. The lowest BCUT2D eigenvalue weighted by molar-refractivity contribution is -0.192. The number of carbonyl (C=O) groups is 2. The molecule has 2 aromatic rings. The largest absolute Gasteiger partial charge is 0.490 e. The number of nitrogens with one attached hydrogen (secondary N) is 2. The summed E-state index contributed by atoms with van der Waals surface area (Å²) in [6.45, 7) is 5.58. The molecule has 1 atom stereocenters. The minimum atomic E-state index is -5.08. The summed E-state index contributed by atoms with van der Waals surface area (Å²) in [7, 11) is 0. The predicted octanol–water partition coefficient (Wildman–Crippen LogP) is 3.01. The molecule has 4 aliphatic heterocycles. The number of hydrogen-bond acceptors (Lipinski definition) is 5. The van der Waals surface area contributed by atoms with Gasteiger partial charge in [0.25, 0.3) is 5.91 Å². The summed E-state index contributed by atoms with van der Waals surface area (Å²) in [6.07, 6.45) is 1.16. The molecule has 6 rings (SSSR count). The summed E-state index contributed by atoms with van der Waals surface area (Å²) < 4.78 is 31.7. The molecule has 5 heterocycles. The Morgan fingerprint density at radius 3 is 2.33 bits per heavy atom. The number of H-pyrrole nitrogens is 1. The molecule has 0 spiro atoms. The summed E-state index contributed by atoms with van der Waals surface area (Å²) in [5.41, 5.74) is 2.71. The van der Waals surface area contributed by atoms with Crippen molar-refractivity contribution in [3.63, 3.8) is 0 Å². The van der Waals surface area contributed by atoms with Gasteiger partial charge in [-0.3, -0.25) is 9.89 Å². The van der Waals surface area contributed by atoms with Crippen molar-refractivity contribution in [2.45, 2.75) is 44.3 Å². The molecule has 1 aromatic carbocycles. The number of benzene rings is 1. The van der Waals surface area contributed by atoms with E-state index in [0.29, 0.717) is 11.6 Å². The van der Waals surface area contributed by atoms with Crippen LogP contribution in [0.3, 0.4) is 0 Å². The van der Waals surface area contributed by atoms with E-state index in [4.69, 9.17) is 9.90 Å². The van der Waals surface area contributed by atoms with Gasteiger partial charge in [-0.05, 0) is 69.3 Å². The molecule has 8 nitrogen and oxygen atoms in total. The average Bonchev–Trinajstić information content (AvgIpc) is 3.24. The van der Waals surface area contributed by atoms with Crippen LogP contribution in [-0.4, -0.2) is 77.0 Å². The number of aromatic nitrogens is 2. The van der Waals surface area contributed by atoms with Crippen molar-refractivity contribution in [2.75, 3.05) is 37.6 Å². The number of anilines is 1. The van der Waals surface area contributed by atoms with E-state index in [1.807, 2.05) is 6.07 Å². The highest BCUT2D eigenvalue weighted by molar-refractivity contribution is 6.05. The lowest BCUT2D eigenvalue weighted by Crippen LogP contribution is -2.57. The van der Waals surface area contributed by atoms with Crippen LogP contribution in [-0.2, 0) is 4.79 Å². The van der Waals surface area contributed by atoms with E-state index in [-0.39, 0.29) is 11.9 Å². The molecule has 4 aliphatic rings. The number of carboxylic acids is 1. The SMILES string of the molecule is O=C(N[C@H]1CN2CCC1CC2)c1n[nH]c2cc(N3CCCCC3)ccc12.O=C(O)C(F)(F)F. The second kappa shape index (κ2) is 9.58. The molecule has 4 saturated heterocycles. The van der Waals surface area contributed by atoms with Crippen molar-refractivity contribution in [3.05, 3.63) is 23.9 Å². The van der Waals surface area contributed by atoms with Crippen molar-refractivity contribution >= 4 is 28.5 Å². The molecule has 1 aromatic heterocycles. The molecule has 33 heavy (non-hydrogen) atoms. The van der Waals surface area contributed by atoms with Gasteiger partial charge in [-0.2, -0.15) is 18.3 Å². The van der Waals surface area contributed by atoms with Crippen LogP contribution < -0.4 is 10.2 Å². The molecule has 4 fully saturated rings. The Hall–Kier alpha value is -2.82. The minimum Gasteiger partial charge on any atom is -0.475 e. The number of hydrogen-bond donors (Lipinski definition) is 3. The maximum atomic E-state index is 12.8. The van der Waals surface area contributed by atoms with Crippen LogP contribution in [0.15, 0.2) is 18.2 Å². The summed E-state index contributed by atoms with van der Waals surface area (Å²) in [5, 5.41) is 18.7. The first-order valence-electron chi connectivity index (χ1n) is 11.3. The zero-order valence-corrected chi connectivity index (χ0v) is 18.2. The Labute approximate surface area is 189 Å². The van der Waals surface area contributed by atoms with Gasteiger partial charge in [-0.25, -0.2) is 4.79 Å². The van der Waals surface area contributed by atoms with Crippen LogP contribution in [0.2, 0.25) is 0 Å². The van der Waals surface area contributed by atoms with Crippen molar-refractivity contribution < 1.29 is 27.9 Å². The first-order valence-corrected chi connectivity index (χ1v) is 11.3. The van der Waals surface area contributed by atoms with Gasteiger partial charge in [0.15, 0.2) is 5.69 Å². The van der Waals surface area contributed by atoms with E-state index in [2.05, 4.69) is 37.4 Å². The molecule has 0 radical (unpaired) electrons. The Balaban J connectivity index is 0.000000325. The summed E-state index contributed by atoms with van der Waals surface area (Å²) in [4.78, 5) is 26.6. The van der Waals surface area contributed by atoms with Crippen LogP contribution in [0.25, 0.3) is 10.9 Å². The van der Waals surface area contributed by atoms with E-state index < -0.39 is 12.1 Å². The first-order chi connectivity index (χ1) is 15.7. The third kappa shape index (κ3) is 5.40. The Kier molecular flexibility index (Phi) is 6.78. The molecule has 2 bridgehead atoms. The molecule has 180 valence electrons. The zero-order valence-electron chi connectivity index (χ0n) is 18.2. The minimum absolute atomic E-state index is 0.0410. The number of aromatic amines is 1. The molecule has 0 saturated carbocycles. The van der Waals surface area contributed by atoms with Gasteiger partial charge in [-0.15, -0.1) is 0 Å². The monoisotopic (exact) mass is 467 g/mol. The summed E-state index contributed by atoms with van der Waals surface area (Å²) >= 11 is 0. The highest BCUT2D eigenvalue weighted by atomic mass is 19.4. The van der Waals surface area contributed by atoms with E-state index in [9.17, 15) is 18.0 Å². The number of rotatable bonds is 3. The van der Waals surface area contributed by atoms with E-state index in [1.54, 1.807) is 0 Å². The number of carbonyl (C=O) groups excluding carboxylic acids is 1. The van der Waals surface area contributed by atoms with Gasteiger partial charge in [-0.1, -0.05) is 0 Å². The number of nitrogens with zero attached hydrogens (tertiary/aromatic N) is 3. The Morgan fingerprint density at radius 2 is 1.76 bits per heavy atom. The van der Waals surface area contributed by atoms with Crippen molar-refractivity contribution in [1.29, 1.82) is 0 Å². The number of amides is 1. The van der Waals surface area contributed by atoms with Gasteiger partial charge in [0.2, 0.25) is 0 Å². The number of aliphatic carboxylic acids is 1. The van der Waals surface area contributed by atoms with E-state index >= 15 is 0 Å². The van der Waals surface area contributed by atoms with Crippen molar-refractivity contribution in [1.82, 2.24) is 20.4 Å². The summed E-state index contributed by atoms with van der Waals surface area (Å²) in [5.74, 6) is -2.17. The van der Waals surface area contributed by atoms with Crippen LogP contribution in [0.5, 0.6) is 0 Å². The van der Waals surface area contributed by atoms with Crippen molar-refractivity contribution in [3.8, 4) is 0 Å². The van der Waals surface area contributed by atoms with Crippen LogP contribution in [0, 0.1) is 5.92 Å². The van der Waals surface area contributed by atoms with Crippen LogP contribution in [0.1, 0.15) is 42.6 Å². The molecular formula is C22H28F3N5O3. The highest BCUT2D eigenvalue weighted by Crippen LogP contribution is 2.29. The van der Waals surface area contributed by atoms with E-state index in [0.717, 1.165) is 30.5 Å². The fourth-order valence-corrected chi connectivity index (χ4v) is 4.89. The first kappa shape index (κ1) is 23.3. The second-order valence-electron chi connectivity index (χ2n) is 8.87. The Bertz CT molecular complexity index is 995. The molecule has 0 unspecified atom stereocenters.